The summed E-state index contributed by atoms with van der Waals surface area (Å²) in [5.41, 5.74) is 3.71. The molecule has 11 heteroatoms. The summed E-state index contributed by atoms with van der Waals surface area (Å²) in [4.78, 5) is 78.4. The number of pyridine rings is 2. The van der Waals surface area contributed by atoms with Gasteiger partial charge in [0.25, 0.3) is 23.6 Å². The average molecular weight is 700 g/mol. The number of anilines is 1. The van der Waals surface area contributed by atoms with Gasteiger partial charge in [-0.3, -0.25) is 43.7 Å². The number of unbranched alkanes of at least 4 members (excludes halogenated alkanes) is 3. The minimum atomic E-state index is -0.400. The Morgan fingerprint density at radius 2 is 1.21 bits per heavy atom. The Morgan fingerprint density at radius 3 is 1.81 bits per heavy atom. The van der Waals surface area contributed by atoms with Crippen LogP contribution in [0.3, 0.4) is 0 Å². The maximum atomic E-state index is 13.7. The number of quaternary nitrogens is 1. The van der Waals surface area contributed by atoms with E-state index in [0.717, 1.165) is 66.3 Å². The van der Waals surface area contributed by atoms with Crippen LogP contribution in [-0.4, -0.2) is 94.1 Å². The van der Waals surface area contributed by atoms with Gasteiger partial charge >= 0.3 is 0 Å². The summed E-state index contributed by atoms with van der Waals surface area (Å²) in [6, 6.07) is 16.1. The zero-order valence-corrected chi connectivity index (χ0v) is 29.9. The fourth-order valence-electron chi connectivity index (χ4n) is 7.56. The molecule has 0 saturated heterocycles. The standard InChI is InChI=1S/C41H42N6O5/c1-4-5-21-45-38(49)28-15-17-30-35-31(18-16-29(34(28)35)39(45)50)41(52)46(40(30)51)22-11-24-47(2,3)23-8-6-7-14-33(48)44-32-25-26-12-9-19-42-36(26)37-27(32)13-10-20-43-37/h9-10,12-13,15-20,25H,4-8,11,14,21-24H2,1-3H3/p+1. The third-order valence-electron chi connectivity index (χ3n) is 10.3. The van der Waals surface area contributed by atoms with Crippen LogP contribution in [0.2, 0.25) is 0 Å². The van der Waals surface area contributed by atoms with Crippen LogP contribution in [0, 0.1) is 0 Å². The molecule has 0 spiro atoms. The van der Waals surface area contributed by atoms with Crippen molar-refractivity contribution in [2.45, 2.75) is 51.9 Å². The van der Waals surface area contributed by atoms with Crippen LogP contribution in [0.4, 0.5) is 5.69 Å². The quantitative estimate of drug-likeness (QED) is 0.0599. The normalized spacial score (nSPS) is 14.3. The molecule has 2 aliphatic rings. The number of nitrogens with one attached hydrogen (secondary N) is 1. The molecule has 266 valence electrons. The van der Waals surface area contributed by atoms with Gasteiger partial charge in [0.05, 0.1) is 43.9 Å². The van der Waals surface area contributed by atoms with Crippen LogP contribution in [-0.2, 0) is 4.79 Å². The van der Waals surface area contributed by atoms with Gasteiger partial charge in [0.1, 0.15) is 0 Å². The van der Waals surface area contributed by atoms with E-state index < -0.39 is 11.8 Å². The van der Waals surface area contributed by atoms with Gasteiger partial charge in [0.15, 0.2) is 0 Å². The second-order valence-corrected chi connectivity index (χ2v) is 14.4. The number of carbonyl (C=O) groups excluding carboxylic acids is 5. The van der Waals surface area contributed by atoms with Gasteiger partial charge in [-0.1, -0.05) is 19.4 Å². The number of amides is 5. The molecule has 1 N–H and O–H groups in total. The minimum absolute atomic E-state index is 0.0352. The highest BCUT2D eigenvalue weighted by Crippen LogP contribution is 2.38. The Morgan fingerprint density at radius 1 is 0.673 bits per heavy atom. The zero-order valence-electron chi connectivity index (χ0n) is 29.9. The molecule has 5 amide bonds. The SMILES string of the molecule is CCCCN1C(=O)c2ccc3c4c(ccc(c24)C1=O)C(=O)N(CCC[N+](C)(C)CCCCCC(=O)Nc1cc2cccnc2c2ncccc12)C3=O. The van der Waals surface area contributed by atoms with Crippen molar-refractivity contribution < 1.29 is 28.5 Å². The van der Waals surface area contributed by atoms with E-state index in [1.807, 2.05) is 37.3 Å². The third kappa shape index (κ3) is 6.41. The smallest absolute Gasteiger partial charge is 0.261 e. The highest BCUT2D eigenvalue weighted by atomic mass is 16.2. The first-order chi connectivity index (χ1) is 25.1. The molecule has 7 rings (SSSR count). The monoisotopic (exact) mass is 699 g/mol. The van der Waals surface area contributed by atoms with Gasteiger partial charge < -0.3 is 9.80 Å². The molecule has 0 radical (unpaired) electrons. The maximum Gasteiger partial charge on any atom is 0.261 e. The molecule has 2 aromatic heterocycles. The molecule has 11 nitrogen and oxygen atoms in total. The lowest BCUT2D eigenvalue weighted by Gasteiger charge is -2.33. The lowest BCUT2D eigenvalue weighted by atomic mass is 9.86. The van der Waals surface area contributed by atoms with Gasteiger partial charge in [-0.15, -0.1) is 0 Å². The Labute approximate surface area is 302 Å². The highest BCUT2D eigenvalue weighted by molar-refractivity contribution is 6.33. The first kappa shape index (κ1) is 34.9. The maximum absolute atomic E-state index is 13.7. The average Bonchev–Trinajstić information content (AvgIpc) is 3.14. The van der Waals surface area contributed by atoms with Crippen LogP contribution >= 0.6 is 0 Å². The fraction of sp³-hybridized carbons (Fsp3) is 0.341. The molecule has 0 aliphatic carbocycles. The van der Waals surface area contributed by atoms with E-state index in [2.05, 4.69) is 29.4 Å². The van der Waals surface area contributed by atoms with Crippen molar-refractivity contribution in [2.75, 3.05) is 45.6 Å². The predicted molar refractivity (Wildman–Crippen MR) is 200 cm³/mol. The van der Waals surface area contributed by atoms with Crippen LogP contribution in [0.25, 0.3) is 32.6 Å². The van der Waals surface area contributed by atoms with Gasteiger partial charge in [-0.05, 0) is 74.2 Å². The molecular weight excluding hydrogens is 656 g/mol. The molecule has 0 unspecified atom stereocenters. The van der Waals surface area contributed by atoms with Gasteiger partial charge in [0, 0.05) is 82.1 Å². The lowest BCUT2D eigenvalue weighted by Crippen LogP contribution is -2.46. The zero-order chi connectivity index (χ0) is 36.6. The molecule has 52 heavy (non-hydrogen) atoms. The van der Waals surface area contributed by atoms with Crippen LogP contribution in [0.1, 0.15) is 93.3 Å². The first-order valence-electron chi connectivity index (χ1n) is 18.2. The van der Waals surface area contributed by atoms with E-state index in [9.17, 15) is 24.0 Å². The van der Waals surface area contributed by atoms with Crippen molar-refractivity contribution >= 4 is 67.8 Å². The number of hydrogen-bond acceptors (Lipinski definition) is 7. The van der Waals surface area contributed by atoms with Crippen molar-refractivity contribution in [1.82, 2.24) is 19.8 Å². The summed E-state index contributed by atoms with van der Waals surface area (Å²) < 4.78 is 0.712. The molecule has 3 aromatic carbocycles. The Balaban J connectivity index is 0.912. The Bertz CT molecular complexity index is 2210. The number of nitrogens with zero attached hydrogens (tertiary/aromatic N) is 5. The second kappa shape index (κ2) is 14.2. The largest absolute Gasteiger partial charge is 0.328 e. The molecule has 0 bridgehead atoms. The summed E-state index contributed by atoms with van der Waals surface area (Å²) in [7, 11) is 4.27. The first-order valence-corrected chi connectivity index (χ1v) is 18.2. The van der Waals surface area contributed by atoms with Crippen molar-refractivity contribution in [3.63, 3.8) is 0 Å². The van der Waals surface area contributed by atoms with E-state index in [0.29, 0.717) is 63.3 Å². The number of imide groups is 2. The topological polar surface area (TPSA) is 130 Å². The number of hydrogen-bond donors (Lipinski definition) is 1. The van der Waals surface area contributed by atoms with Gasteiger partial charge in [-0.25, -0.2) is 0 Å². The van der Waals surface area contributed by atoms with E-state index >= 15 is 0 Å². The summed E-state index contributed by atoms with van der Waals surface area (Å²) in [6.45, 7) is 4.24. The predicted octanol–water partition coefficient (Wildman–Crippen LogP) is 6.59. The molecule has 0 saturated carbocycles. The van der Waals surface area contributed by atoms with Crippen LogP contribution < -0.4 is 5.32 Å². The number of fused-ring (bicyclic) bond motifs is 3. The fourth-order valence-corrected chi connectivity index (χ4v) is 7.56. The summed E-state index contributed by atoms with van der Waals surface area (Å²) in [5.74, 6) is -1.60. The lowest BCUT2D eigenvalue weighted by molar-refractivity contribution is -0.890. The molecule has 0 fully saturated rings. The summed E-state index contributed by atoms with van der Waals surface area (Å²) >= 11 is 0. The number of aromatic nitrogens is 2. The third-order valence-corrected chi connectivity index (χ3v) is 10.3. The molecule has 0 atom stereocenters. The van der Waals surface area contributed by atoms with Crippen molar-refractivity contribution in [1.29, 1.82) is 0 Å². The van der Waals surface area contributed by atoms with Gasteiger partial charge in [0.2, 0.25) is 5.91 Å². The van der Waals surface area contributed by atoms with Crippen molar-refractivity contribution in [2.24, 2.45) is 0 Å². The second-order valence-electron chi connectivity index (χ2n) is 14.4. The van der Waals surface area contributed by atoms with Crippen LogP contribution in [0.5, 0.6) is 0 Å². The molecule has 2 aliphatic heterocycles. The van der Waals surface area contributed by atoms with Crippen LogP contribution in [0.15, 0.2) is 67.0 Å². The summed E-state index contributed by atoms with van der Waals surface area (Å²) in [6.07, 6.45) is 8.64. The summed E-state index contributed by atoms with van der Waals surface area (Å²) in [5, 5.41) is 5.68. The minimum Gasteiger partial charge on any atom is -0.328 e. The number of carbonyl (C=O) groups is 5. The number of benzene rings is 3. The van der Waals surface area contributed by atoms with Crippen molar-refractivity contribution in [3.8, 4) is 0 Å². The highest BCUT2D eigenvalue weighted by Gasteiger charge is 2.39. The van der Waals surface area contributed by atoms with E-state index in [-0.39, 0.29) is 24.3 Å². The molecule has 5 aromatic rings. The van der Waals surface area contributed by atoms with E-state index in [4.69, 9.17) is 0 Å². The molecule has 4 heterocycles. The van der Waals surface area contributed by atoms with E-state index in [1.54, 1.807) is 36.7 Å². The Kier molecular flexibility index (Phi) is 9.54. The Hall–Kier alpha value is -5.55. The van der Waals surface area contributed by atoms with Gasteiger partial charge in [-0.2, -0.15) is 0 Å². The molecular formula is C41H43N6O5+. The van der Waals surface area contributed by atoms with E-state index in [1.165, 1.54) is 9.80 Å². The number of rotatable bonds is 14. The van der Waals surface area contributed by atoms with Crippen molar-refractivity contribution in [3.05, 3.63) is 89.2 Å².